The number of carbonyl (C=O) groups is 2. The van der Waals surface area contributed by atoms with Crippen LogP contribution in [-0.4, -0.2) is 24.9 Å². The van der Waals surface area contributed by atoms with E-state index in [2.05, 4.69) is 10.6 Å². The molecule has 4 N–H and O–H groups in total. The lowest BCUT2D eigenvalue weighted by Gasteiger charge is -2.18. The minimum atomic E-state index is -0.353. The maximum absolute atomic E-state index is 11.9. The van der Waals surface area contributed by atoms with Crippen LogP contribution >= 0.6 is 11.6 Å². The van der Waals surface area contributed by atoms with Gasteiger partial charge in [0.2, 0.25) is 11.8 Å². The molecule has 116 valence electrons. The Hall–Kier alpha value is -1.59. The largest absolute Gasteiger partial charge is 0.356 e. The minimum Gasteiger partial charge on any atom is -0.356 e. The summed E-state index contributed by atoms with van der Waals surface area (Å²) >= 11 is 5.85. The summed E-state index contributed by atoms with van der Waals surface area (Å²) in [7, 11) is 0. The molecule has 0 saturated heterocycles. The predicted molar refractivity (Wildman–Crippen MR) is 83.9 cm³/mol. The van der Waals surface area contributed by atoms with Crippen LogP contribution in [0.1, 0.15) is 37.8 Å². The smallest absolute Gasteiger partial charge is 0.222 e. The van der Waals surface area contributed by atoms with Gasteiger partial charge in [0.15, 0.2) is 0 Å². The van der Waals surface area contributed by atoms with Gasteiger partial charge in [0, 0.05) is 18.5 Å². The first kappa shape index (κ1) is 17.5. The van der Waals surface area contributed by atoms with E-state index in [1.54, 1.807) is 12.1 Å². The number of amides is 2. The molecule has 0 heterocycles. The molecule has 6 heteroatoms. The van der Waals surface area contributed by atoms with Crippen molar-refractivity contribution in [2.75, 3.05) is 13.1 Å². The van der Waals surface area contributed by atoms with E-state index in [0.717, 1.165) is 18.4 Å². The Kier molecular flexibility index (Phi) is 7.79. The van der Waals surface area contributed by atoms with Crippen molar-refractivity contribution in [3.8, 4) is 0 Å². The maximum atomic E-state index is 11.9. The molecule has 0 aromatic heterocycles. The van der Waals surface area contributed by atoms with Crippen molar-refractivity contribution < 1.29 is 9.59 Å². The Bertz CT molecular complexity index is 462. The molecule has 0 saturated carbocycles. The van der Waals surface area contributed by atoms with E-state index in [-0.39, 0.29) is 24.3 Å². The van der Waals surface area contributed by atoms with E-state index in [1.807, 2.05) is 12.1 Å². The molecule has 0 radical (unpaired) electrons. The van der Waals surface area contributed by atoms with Gasteiger partial charge in [0.25, 0.3) is 0 Å². The summed E-state index contributed by atoms with van der Waals surface area (Å²) in [6.45, 7) is 2.65. The van der Waals surface area contributed by atoms with Gasteiger partial charge >= 0.3 is 0 Å². The van der Waals surface area contributed by atoms with Crippen LogP contribution in [0.4, 0.5) is 0 Å². The van der Waals surface area contributed by atoms with Crippen LogP contribution in [0.5, 0.6) is 0 Å². The molecule has 0 aliphatic carbocycles. The third-order valence-electron chi connectivity index (χ3n) is 2.99. The van der Waals surface area contributed by atoms with Gasteiger partial charge < -0.3 is 16.4 Å². The van der Waals surface area contributed by atoms with E-state index in [1.165, 1.54) is 6.92 Å². The van der Waals surface area contributed by atoms with Crippen molar-refractivity contribution in [3.05, 3.63) is 34.9 Å². The lowest BCUT2D eigenvalue weighted by molar-refractivity contribution is -0.122. The molecule has 1 rings (SSSR count). The van der Waals surface area contributed by atoms with Crippen molar-refractivity contribution in [1.82, 2.24) is 10.6 Å². The quantitative estimate of drug-likeness (QED) is 0.640. The SMILES string of the molecule is CC(=O)NC(CC(=O)NCCCCN)c1ccc(Cl)cc1. The standard InChI is InChI=1S/C15H22ClN3O2/c1-11(20)19-14(12-4-6-13(16)7-5-12)10-15(21)18-9-3-2-8-17/h4-7,14H,2-3,8-10,17H2,1H3,(H,18,21)(H,19,20). The van der Waals surface area contributed by atoms with Gasteiger partial charge in [-0.1, -0.05) is 23.7 Å². The second kappa shape index (κ2) is 9.37. The molecule has 0 bridgehead atoms. The summed E-state index contributed by atoms with van der Waals surface area (Å²) < 4.78 is 0. The van der Waals surface area contributed by atoms with Gasteiger partial charge in [-0.3, -0.25) is 9.59 Å². The van der Waals surface area contributed by atoms with E-state index in [0.29, 0.717) is 18.1 Å². The number of nitrogens with two attached hydrogens (primary N) is 1. The highest BCUT2D eigenvalue weighted by Crippen LogP contribution is 2.19. The Morgan fingerprint density at radius 3 is 2.48 bits per heavy atom. The fraction of sp³-hybridized carbons (Fsp3) is 0.467. The van der Waals surface area contributed by atoms with Crippen LogP contribution in [0.3, 0.4) is 0 Å². The highest BCUT2D eigenvalue weighted by atomic mass is 35.5. The normalized spacial score (nSPS) is 11.8. The van der Waals surface area contributed by atoms with Crippen molar-refractivity contribution >= 4 is 23.4 Å². The molecule has 0 aliphatic rings. The van der Waals surface area contributed by atoms with Crippen molar-refractivity contribution in [2.45, 2.75) is 32.2 Å². The van der Waals surface area contributed by atoms with E-state index in [4.69, 9.17) is 17.3 Å². The zero-order valence-electron chi connectivity index (χ0n) is 12.2. The average molecular weight is 312 g/mol. The minimum absolute atomic E-state index is 0.0966. The van der Waals surface area contributed by atoms with Crippen LogP contribution in [0.25, 0.3) is 0 Å². The molecule has 21 heavy (non-hydrogen) atoms. The summed E-state index contributed by atoms with van der Waals surface area (Å²) in [5.41, 5.74) is 6.25. The fourth-order valence-electron chi connectivity index (χ4n) is 1.95. The maximum Gasteiger partial charge on any atom is 0.222 e. The van der Waals surface area contributed by atoms with Gasteiger partial charge in [-0.25, -0.2) is 0 Å². The number of hydrogen-bond donors (Lipinski definition) is 3. The first-order valence-corrected chi connectivity index (χ1v) is 7.40. The summed E-state index contributed by atoms with van der Waals surface area (Å²) in [6.07, 6.45) is 1.93. The summed E-state index contributed by atoms with van der Waals surface area (Å²) in [4.78, 5) is 23.2. The zero-order valence-corrected chi connectivity index (χ0v) is 13.0. The zero-order chi connectivity index (χ0) is 15.7. The second-order valence-electron chi connectivity index (χ2n) is 4.85. The number of halogens is 1. The number of unbranched alkanes of at least 4 members (excludes halogenated alkanes) is 1. The molecule has 1 aromatic rings. The first-order chi connectivity index (χ1) is 10.0. The summed E-state index contributed by atoms with van der Waals surface area (Å²) in [6, 6.07) is 6.75. The molecule has 0 spiro atoms. The number of benzene rings is 1. The second-order valence-corrected chi connectivity index (χ2v) is 5.29. The lowest BCUT2D eigenvalue weighted by atomic mass is 10.0. The lowest BCUT2D eigenvalue weighted by Crippen LogP contribution is -2.33. The Morgan fingerprint density at radius 2 is 1.90 bits per heavy atom. The summed E-state index contributed by atoms with van der Waals surface area (Å²) in [5.74, 6) is -0.272. The van der Waals surface area contributed by atoms with Gasteiger partial charge in [-0.05, 0) is 37.1 Å². The molecular weight excluding hydrogens is 290 g/mol. The number of carbonyl (C=O) groups excluding carboxylic acids is 2. The first-order valence-electron chi connectivity index (χ1n) is 7.02. The van der Waals surface area contributed by atoms with Gasteiger partial charge in [-0.15, -0.1) is 0 Å². The third kappa shape index (κ3) is 7.11. The van der Waals surface area contributed by atoms with E-state index in [9.17, 15) is 9.59 Å². The van der Waals surface area contributed by atoms with Gasteiger partial charge in [0.05, 0.1) is 12.5 Å². The monoisotopic (exact) mass is 311 g/mol. The fourth-order valence-corrected chi connectivity index (χ4v) is 2.07. The molecule has 1 atom stereocenters. The Balaban J connectivity index is 2.59. The van der Waals surface area contributed by atoms with Crippen LogP contribution in [-0.2, 0) is 9.59 Å². The highest BCUT2D eigenvalue weighted by Gasteiger charge is 2.16. The van der Waals surface area contributed by atoms with Crippen molar-refractivity contribution in [3.63, 3.8) is 0 Å². The highest BCUT2D eigenvalue weighted by molar-refractivity contribution is 6.30. The molecule has 2 amide bonds. The topological polar surface area (TPSA) is 84.2 Å². The van der Waals surface area contributed by atoms with E-state index >= 15 is 0 Å². The van der Waals surface area contributed by atoms with Crippen LogP contribution in [0.2, 0.25) is 5.02 Å². The van der Waals surface area contributed by atoms with Gasteiger partial charge in [-0.2, -0.15) is 0 Å². The van der Waals surface area contributed by atoms with Crippen molar-refractivity contribution in [1.29, 1.82) is 0 Å². The van der Waals surface area contributed by atoms with Crippen LogP contribution in [0, 0.1) is 0 Å². The van der Waals surface area contributed by atoms with Crippen LogP contribution < -0.4 is 16.4 Å². The third-order valence-corrected chi connectivity index (χ3v) is 3.24. The predicted octanol–water partition coefficient (Wildman–Crippen LogP) is 1.76. The Labute approximate surface area is 130 Å². The van der Waals surface area contributed by atoms with Gasteiger partial charge in [0.1, 0.15) is 0 Å². The van der Waals surface area contributed by atoms with E-state index < -0.39 is 0 Å². The van der Waals surface area contributed by atoms with Crippen LogP contribution in [0.15, 0.2) is 24.3 Å². The molecule has 5 nitrogen and oxygen atoms in total. The molecule has 0 fully saturated rings. The Morgan fingerprint density at radius 1 is 1.24 bits per heavy atom. The molecule has 0 aliphatic heterocycles. The van der Waals surface area contributed by atoms with Crippen molar-refractivity contribution in [2.24, 2.45) is 5.73 Å². The number of hydrogen-bond acceptors (Lipinski definition) is 3. The average Bonchev–Trinajstić information content (AvgIpc) is 2.43. The number of nitrogens with one attached hydrogen (secondary N) is 2. The number of rotatable bonds is 8. The molecular formula is C15H22ClN3O2. The summed E-state index contributed by atoms with van der Waals surface area (Å²) in [5, 5.41) is 6.23. The molecule has 1 unspecified atom stereocenters. The molecule has 1 aromatic carbocycles.